The highest BCUT2D eigenvalue weighted by molar-refractivity contribution is 7.18. The fourth-order valence-electron chi connectivity index (χ4n) is 1.85. The second-order valence-electron chi connectivity index (χ2n) is 4.13. The third-order valence-electron chi connectivity index (χ3n) is 2.71. The van der Waals surface area contributed by atoms with Crippen LogP contribution in [0.1, 0.15) is 4.88 Å². The maximum Gasteiger partial charge on any atom is 0.166 e. The van der Waals surface area contributed by atoms with Gasteiger partial charge in [0.2, 0.25) is 0 Å². The van der Waals surface area contributed by atoms with Crippen molar-refractivity contribution in [1.29, 1.82) is 0 Å². The highest BCUT2D eigenvalue weighted by Gasteiger charge is 2.13. The van der Waals surface area contributed by atoms with Crippen LogP contribution in [0.4, 0.5) is 10.2 Å². The van der Waals surface area contributed by atoms with Crippen molar-refractivity contribution in [2.75, 3.05) is 5.73 Å². The molecule has 0 atom stereocenters. The van der Waals surface area contributed by atoms with Crippen LogP contribution >= 0.6 is 22.9 Å². The minimum absolute atomic E-state index is 0.256. The van der Waals surface area contributed by atoms with Gasteiger partial charge in [-0.2, -0.15) is 0 Å². The number of aryl methyl sites for hydroxylation is 1. The number of hydrogen-bond donors (Lipinski definition) is 1. The number of nitrogen functional groups attached to an aromatic ring is 1. The predicted molar refractivity (Wildman–Crippen MR) is 77.0 cm³/mol. The van der Waals surface area contributed by atoms with Gasteiger partial charge in [0.25, 0.3) is 0 Å². The van der Waals surface area contributed by atoms with Gasteiger partial charge < -0.3 is 5.73 Å². The third kappa shape index (κ3) is 2.15. The maximum atomic E-state index is 13.8. The van der Waals surface area contributed by atoms with E-state index < -0.39 is 5.82 Å². The standard InChI is InChI=1S/C13H9ClFN3S/c1-6-4-9-11(16)17-12(18-13(9)19-6)8-5-7(14)2-3-10(8)15/h2-5H,1H3,(H2,16,17,18). The van der Waals surface area contributed by atoms with Crippen LogP contribution in [0.5, 0.6) is 0 Å². The van der Waals surface area contributed by atoms with E-state index in [2.05, 4.69) is 9.97 Å². The Bertz CT molecular complexity index is 785. The number of anilines is 1. The van der Waals surface area contributed by atoms with E-state index in [1.165, 1.54) is 29.5 Å². The molecule has 6 heteroatoms. The van der Waals surface area contributed by atoms with Crippen molar-refractivity contribution in [3.05, 3.63) is 40.0 Å². The van der Waals surface area contributed by atoms with Crippen molar-refractivity contribution in [1.82, 2.24) is 9.97 Å². The zero-order valence-electron chi connectivity index (χ0n) is 9.95. The Balaban J connectivity index is 2.27. The summed E-state index contributed by atoms with van der Waals surface area (Å²) in [6.45, 7) is 1.96. The molecule has 3 rings (SSSR count). The molecule has 0 saturated heterocycles. The zero-order valence-corrected chi connectivity index (χ0v) is 11.5. The van der Waals surface area contributed by atoms with Crippen LogP contribution in [0.15, 0.2) is 24.3 Å². The minimum atomic E-state index is -0.420. The summed E-state index contributed by atoms with van der Waals surface area (Å²) >= 11 is 7.38. The Morgan fingerprint density at radius 3 is 2.84 bits per heavy atom. The number of nitrogens with two attached hydrogens (primary N) is 1. The normalized spacial score (nSPS) is 11.1. The van der Waals surface area contributed by atoms with Gasteiger partial charge in [-0.15, -0.1) is 11.3 Å². The van der Waals surface area contributed by atoms with Gasteiger partial charge in [0.15, 0.2) is 5.82 Å². The van der Waals surface area contributed by atoms with Crippen molar-refractivity contribution >= 4 is 39.0 Å². The lowest BCUT2D eigenvalue weighted by Gasteiger charge is -2.04. The van der Waals surface area contributed by atoms with Gasteiger partial charge in [-0.05, 0) is 31.2 Å². The largest absolute Gasteiger partial charge is 0.383 e. The van der Waals surface area contributed by atoms with Gasteiger partial charge in [0.05, 0.1) is 10.9 Å². The highest BCUT2D eigenvalue weighted by Crippen LogP contribution is 2.31. The van der Waals surface area contributed by atoms with E-state index in [1.54, 1.807) is 0 Å². The highest BCUT2D eigenvalue weighted by atomic mass is 35.5. The average Bonchev–Trinajstić information content (AvgIpc) is 2.73. The number of halogens is 2. The molecule has 0 aliphatic carbocycles. The molecule has 2 N–H and O–H groups in total. The summed E-state index contributed by atoms with van der Waals surface area (Å²) in [4.78, 5) is 10.4. The number of aromatic nitrogens is 2. The number of thiophene rings is 1. The molecule has 0 spiro atoms. The molecule has 0 bridgehead atoms. The SMILES string of the molecule is Cc1cc2c(N)nc(-c3cc(Cl)ccc3F)nc2s1. The molecule has 2 aromatic heterocycles. The monoisotopic (exact) mass is 293 g/mol. The Kier molecular flexibility index (Phi) is 2.88. The first kappa shape index (κ1) is 12.3. The summed E-state index contributed by atoms with van der Waals surface area (Å²) < 4.78 is 13.8. The second-order valence-corrected chi connectivity index (χ2v) is 5.80. The summed E-state index contributed by atoms with van der Waals surface area (Å²) in [5.41, 5.74) is 6.15. The van der Waals surface area contributed by atoms with Crippen LogP contribution in [0.25, 0.3) is 21.6 Å². The molecule has 2 heterocycles. The zero-order chi connectivity index (χ0) is 13.6. The van der Waals surface area contributed by atoms with Crippen molar-refractivity contribution in [2.24, 2.45) is 0 Å². The maximum absolute atomic E-state index is 13.8. The second kappa shape index (κ2) is 4.43. The quantitative estimate of drug-likeness (QED) is 0.736. The van der Waals surface area contributed by atoms with Crippen LogP contribution in [-0.2, 0) is 0 Å². The molecule has 0 saturated carbocycles. The van der Waals surface area contributed by atoms with Crippen molar-refractivity contribution in [2.45, 2.75) is 6.92 Å². The molecule has 0 fully saturated rings. The summed E-state index contributed by atoms with van der Waals surface area (Å²) in [5, 5.41) is 1.23. The number of nitrogens with zero attached hydrogens (tertiary/aromatic N) is 2. The molecule has 3 nitrogen and oxygen atoms in total. The number of fused-ring (bicyclic) bond motifs is 1. The fraction of sp³-hybridized carbons (Fsp3) is 0.0769. The number of hydrogen-bond acceptors (Lipinski definition) is 4. The predicted octanol–water partition coefficient (Wildman–Crippen LogP) is 4.04. The van der Waals surface area contributed by atoms with Gasteiger partial charge in [-0.25, -0.2) is 14.4 Å². The van der Waals surface area contributed by atoms with Gasteiger partial charge in [0, 0.05) is 9.90 Å². The van der Waals surface area contributed by atoms with E-state index in [0.29, 0.717) is 10.8 Å². The van der Waals surface area contributed by atoms with Gasteiger partial charge in [-0.1, -0.05) is 11.6 Å². The third-order valence-corrected chi connectivity index (χ3v) is 3.89. The summed E-state index contributed by atoms with van der Waals surface area (Å²) in [7, 11) is 0. The van der Waals surface area contributed by atoms with Crippen LogP contribution in [-0.4, -0.2) is 9.97 Å². The number of rotatable bonds is 1. The Morgan fingerprint density at radius 1 is 1.26 bits per heavy atom. The molecule has 0 amide bonds. The molecule has 96 valence electrons. The molecule has 0 aliphatic rings. The lowest BCUT2D eigenvalue weighted by molar-refractivity contribution is 0.630. The van der Waals surface area contributed by atoms with Crippen molar-refractivity contribution < 1.29 is 4.39 Å². The Hall–Kier alpha value is -1.72. The van der Waals surface area contributed by atoms with Crippen LogP contribution in [0.3, 0.4) is 0 Å². The smallest absolute Gasteiger partial charge is 0.166 e. The Morgan fingerprint density at radius 2 is 2.05 bits per heavy atom. The molecule has 1 aromatic carbocycles. The van der Waals surface area contributed by atoms with E-state index in [-0.39, 0.29) is 11.4 Å². The lowest BCUT2D eigenvalue weighted by atomic mass is 10.2. The average molecular weight is 294 g/mol. The first-order chi connectivity index (χ1) is 9.04. The van der Waals surface area contributed by atoms with E-state index >= 15 is 0 Å². The summed E-state index contributed by atoms with van der Waals surface area (Å²) in [5.74, 6) is 0.187. The summed E-state index contributed by atoms with van der Waals surface area (Å²) in [6, 6.07) is 6.20. The van der Waals surface area contributed by atoms with E-state index in [9.17, 15) is 4.39 Å². The van der Waals surface area contributed by atoms with E-state index in [1.807, 2.05) is 13.0 Å². The molecule has 0 radical (unpaired) electrons. The lowest BCUT2D eigenvalue weighted by Crippen LogP contribution is -1.97. The Labute approximate surface area is 117 Å². The molecule has 19 heavy (non-hydrogen) atoms. The van der Waals surface area contributed by atoms with Crippen LogP contribution < -0.4 is 5.73 Å². The molecule has 0 unspecified atom stereocenters. The van der Waals surface area contributed by atoms with E-state index in [4.69, 9.17) is 17.3 Å². The van der Waals surface area contributed by atoms with Gasteiger partial charge >= 0.3 is 0 Å². The first-order valence-corrected chi connectivity index (χ1v) is 6.73. The fourth-order valence-corrected chi connectivity index (χ4v) is 2.91. The van der Waals surface area contributed by atoms with Crippen LogP contribution in [0, 0.1) is 12.7 Å². The van der Waals surface area contributed by atoms with Crippen molar-refractivity contribution in [3.8, 4) is 11.4 Å². The van der Waals surface area contributed by atoms with E-state index in [0.717, 1.165) is 15.1 Å². The van der Waals surface area contributed by atoms with Crippen LogP contribution in [0.2, 0.25) is 5.02 Å². The number of benzene rings is 1. The molecule has 3 aromatic rings. The van der Waals surface area contributed by atoms with Gasteiger partial charge in [0.1, 0.15) is 16.5 Å². The minimum Gasteiger partial charge on any atom is -0.383 e. The molecular weight excluding hydrogens is 285 g/mol. The van der Waals surface area contributed by atoms with Crippen molar-refractivity contribution in [3.63, 3.8) is 0 Å². The summed E-state index contributed by atoms with van der Waals surface area (Å²) in [6.07, 6.45) is 0. The molecular formula is C13H9ClFN3S. The first-order valence-electron chi connectivity index (χ1n) is 5.53. The van der Waals surface area contributed by atoms with Gasteiger partial charge in [-0.3, -0.25) is 0 Å². The topological polar surface area (TPSA) is 51.8 Å². The molecule has 0 aliphatic heterocycles.